The minimum Gasteiger partial charge on any atom is -0.366 e. The maximum atomic E-state index is 14.0. The van der Waals surface area contributed by atoms with Crippen molar-refractivity contribution in [2.24, 2.45) is 0 Å². The maximum absolute atomic E-state index is 14.0. The van der Waals surface area contributed by atoms with Gasteiger partial charge in [-0.15, -0.1) is 0 Å². The van der Waals surface area contributed by atoms with Gasteiger partial charge in [0.05, 0.1) is 22.4 Å². The molecule has 168 valence electrons. The van der Waals surface area contributed by atoms with E-state index in [9.17, 15) is 14.0 Å². The molecule has 7 nitrogen and oxygen atoms in total. The van der Waals surface area contributed by atoms with Crippen LogP contribution in [0, 0.1) is 5.82 Å². The molecule has 1 aliphatic rings. The number of amides is 2. The van der Waals surface area contributed by atoms with Crippen LogP contribution in [-0.2, 0) is 4.79 Å². The molecule has 0 unspecified atom stereocenters. The van der Waals surface area contributed by atoms with E-state index >= 15 is 0 Å². The number of hydrogen-bond donors (Lipinski definition) is 1. The van der Waals surface area contributed by atoms with Crippen molar-refractivity contribution in [2.75, 3.05) is 37.6 Å². The average Bonchev–Trinajstić information content (AvgIpc) is 3.52. The third-order valence-corrected chi connectivity index (χ3v) is 6.72. The molecule has 0 atom stereocenters. The van der Waals surface area contributed by atoms with Gasteiger partial charge in [0.15, 0.2) is 5.13 Å². The van der Waals surface area contributed by atoms with Gasteiger partial charge < -0.3 is 19.7 Å². The van der Waals surface area contributed by atoms with Crippen LogP contribution in [0.2, 0.25) is 0 Å². The van der Waals surface area contributed by atoms with Gasteiger partial charge >= 0.3 is 0 Å². The van der Waals surface area contributed by atoms with Crippen LogP contribution in [0.1, 0.15) is 10.4 Å². The van der Waals surface area contributed by atoms with Gasteiger partial charge in [-0.25, -0.2) is 9.37 Å². The predicted octanol–water partition coefficient (Wildman–Crippen LogP) is 3.30. The van der Waals surface area contributed by atoms with E-state index in [2.05, 4.69) is 10.3 Å². The average molecular weight is 464 g/mol. The fraction of sp³-hybridized carbons (Fsp3) is 0.208. The first-order chi connectivity index (χ1) is 16.1. The molecule has 4 aromatic rings. The number of rotatable bonds is 5. The molecule has 0 saturated carbocycles. The summed E-state index contributed by atoms with van der Waals surface area (Å²) in [5, 5.41) is 3.55. The van der Waals surface area contributed by atoms with Crippen LogP contribution in [0.4, 0.5) is 10.1 Å². The van der Waals surface area contributed by atoms with E-state index in [4.69, 9.17) is 0 Å². The lowest BCUT2D eigenvalue weighted by Crippen LogP contribution is -2.51. The van der Waals surface area contributed by atoms with Crippen LogP contribution in [0.25, 0.3) is 15.3 Å². The highest BCUT2D eigenvalue weighted by molar-refractivity contribution is 7.20. The third-order valence-electron chi connectivity index (χ3n) is 5.69. The summed E-state index contributed by atoms with van der Waals surface area (Å²) >= 11 is 1.50. The zero-order valence-electron chi connectivity index (χ0n) is 17.8. The molecule has 9 heteroatoms. The van der Waals surface area contributed by atoms with Crippen molar-refractivity contribution in [3.63, 3.8) is 0 Å². The summed E-state index contributed by atoms with van der Waals surface area (Å²) in [7, 11) is 0. The normalized spacial score (nSPS) is 14.0. The van der Waals surface area contributed by atoms with E-state index in [1.54, 1.807) is 35.2 Å². The van der Waals surface area contributed by atoms with Gasteiger partial charge in [-0.2, -0.15) is 0 Å². The third kappa shape index (κ3) is 4.45. The Labute approximate surface area is 194 Å². The zero-order chi connectivity index (χ0) is 22.8. The first-order valence-electron chi connectivity index (χ1n) is 10.7. The van der Waals surface area contributed by atoms with Crippen LogP contribution < -0.4 is 10.2 Å². The number of para-hydroxylation sites is 1. The summed E-state index contributed by atoms with van der Waals surface area (Å²) in [5.41, 5.74) is 1.86. The highest BCUT2D eigenvalue weighted by Crippen LogP contribution is 2.26. The number of thiazole rings is 1. The molecule has 0 spiro atoms. The number of nitrogens with zero attached hydrogens (tertiary/aromatic N) is 4. The molecule has 2 aromatic heterocycles. The van der Waals surface area contributed by atoms with Gasteiger partial charge in [-0.1, -0.05) is 23.5 Å². The Morgan fingerprint density at radius 2 is 1.76 bits per heavy atom. The Morgan fingerprint density at radius 1 is 1.00 bits per heavy atom. The van der Waals surface area contributed by atoms with E-state index in [0.717, 1.165) is 15.3 Å². The summed E-state index contributed by atoms with van der Waals surface area (Å²) in [5.74, 6) is -0.709. The standard InChI is InChI=1S/C24H22FN5O2S/c25-18-5-1-2-6-20(18)28-11-13-29(14-12-28)22(31)16-26-23(32)17-7-8-19-21(15-17)33-24(27-19)30-9-3-4-10-30/h1-10,15H,11-14,16H2,(H,26,32). The second kappa shape index (κ2) is 9.03. The molecule has 2 amide bonds. The predicted molar refractivity (Wildman–Crippen MR) is 126 cm³/mol. The molecule has 1 saturated heterocycles. The monoisotopic (exact) mass is 463 g/mol. The van der Waals surface area contributed by atoms with Crippen molar-refractivity contribution in [1.82, 2.24) is 19.8 Å². The van der Waals surface area contributed by atoms with Crippen molar-refractivity contribution < 1.29 is 14.0 Å². The Hall–Kier alpha value is -3.72. The molecular formula is C24H22FN5O2S. The molecule has 0 aliphatic carbocycles. The maximum Gasteiger partial charge on any atom is 0.251 e. The molecule has 1 aliphatic heterocycles. The Balaban J connectivity index is 1.17. The minimum absolute atomic E-state index is 0.0755. The number of piperazine rings is 1. The largest absolute Gasteiger partial charge is 0.366 e. The molecule has 3 heterocycles. The molecular weight excluding hydrogens is 441 g/mol. The molecule has 5 rings (SSSR count). The number of aromatic nitrogens is 2. The van der Waals surface area contributed by atoms with Gasteiger partial charge in [0, 0.05) is 44.1 Å². The van der Waals surface area contributed by atoms with Gasteiger partial charge in [0.1, 0.15) is 5.82 Å². The smallest absolute Gasteiger partial charge is 0.251 e. The quantitative estimate of drug-likeness (QED) is 0.493. The number of fused-ring (bicyclic) bond motifs is 1. The van der Waals surface area contributed by atoms with Crippen LogP contribution in [0.5, 0.6) is 0 Å². The molecule has 2 aromatic carbocycles. The molecule has 0 radical (unpaired) electrons. The Morgan fingerprint density at radius 3 is 2.52 bits per heavy atom. The number of anilines is 1. The van der Waals surface area contributed by atoms with Gasteiger partial charge in [-0.3, -0.25) is 9.59 Å². The minimum atomic E-state index is -0.300. The number of benzene rings is 2. The van der Waals surface area contributed by atoms with Crippen LogP contribution >= 0.6 is 11.3 Å². The lowest BCUT2D eigenvalue weighted by atomic mass is 10.2. The van der Waals surface area contributed by atoms with E-state index in [1.807, 2.05) is 40.1 Å². The number of carbonyl (C=O) groups excluding carboxylic acids is 2. The first-order valence-corrected chi connectivity index (χ1v) is 11.5. The van der Waals surface area contributed by atoms with E-state index in [0.29, 0.717) is 37.4 Å². The number of hydrogen-bond acceptors (Lipinski definition) is 5. The molecule has 1 fully saturated rings. The summed E-state index contributed by atoms with van der Waals surface area (Å²) in [6.45, 7) is 1.99. The van der Waals surface area contributed by atoms with Gasteiger partial charge in [0.2, 0.25) is 5.91 Å². The number of nitrogens with one attached hydrogen (secondary N) is 1. The van der Waals surface area contributed by atoms with Crippen molar-refractivity contribution in [1.29, 1.82) is 0 Å². The van der Waals surface area contributed by atoms with Crippen molar-refractivity contribution >= 4 is 39.1 Å². The number of carbonyl (C=O) groups is 2. The number of halogens is 1. The SMILES string of the molecule is O=C(NCC(=O)N1CCN(c2ccccc2F)CC1)c1ccc2nc(-n3cccc3)sc2c1. The highest BCUT2D eigenvalue weighted by Gasteiger charge is 2.23. The van der Waals surface area contributed by atoms with Gasteiger partial charge in [0.25, 0.3) is 5.91 Å². The van der Waals surface area contributed by atoms with Gasteiger partial charge in [-0.05, 0) is 42.5 Å². The fourth-order valence-electron chi connectivity index (χ4n) is 3.90. The van der Waals surface area contributed by atoms with Crippen molar-refractivity contribution in [3.05, 3.63) is 78.4 Å². The second-order valence-electron chi connectivity index (χ2n) is 7.77. The topological polar surface area (TPSA) is 70.5 Å². The molecule has 1 N–H and O–H groups in total. The van der Waals surface area contributed by atoms with Crippen LogP contribution in [0.3, 0.4) is 0 Å². The summed E-state index contributed by atoms with van der Waals surface area (Å²) in [6, 6.07) is 15.8. The molecule has 0 bridgehead atoms. The summed E-state index contributed by atoms with van der Waals surface area (Å²) < 4.78 is 16.8. The fourth-order valence-corrected chi connectivity index (χ4v) is 4.87. The van der Waals surface area contributed by atoms with Crippen molar-refractivity contribution in [3.8, 4) is 5.13 Å². The Bertz CT molecular complexity index is 1300. The van der Waals surface area contributed by atoms with Crippen LogP contribution in [0.15, 0.2) is 67.0 Å². The Kier molecular flexibility index (Phi) is 5.78. The zero-order valence-corrected chi connectivity index (χ0v) is 18.6. The second-order valence-corrected chi connectivity index (χ2v) is 8.78. The first kappa shape index (κ1) is 21.1. The van der Waals surface area contributed by atoms with E-state index in [1.165, 1.54) is 17.4 Å². The van der Waals surface area contributed by atoms with E-state index in [-0.39, 0.29) is 24.2 Å². The van der Waals surface area contributed by atoms with Crippen molar-refractivity contribution in [2.45, 2.75) is 0 Å². The summed E-state index contributed by atoms with van der Waals surface area (Å²) in [6.07, 6.45) is 3.85. The molecule has 33 heavy (non-hydrogen) atoms. The lowest BCUT2D eigenvalue weighted by Gasteiger charge is -2.36. The van der Waals surface area contributed by atoms with Crippen LogP contribution in [-0.4, -0.2) is 59.0 Å². The lowest BCUT2D eigenvalue weighted by molar-refractivity contribution is -0.130. The highest BCUT2D eigenvalue weighted by atomic mass is 32.1. The van der Waals surface area contributed by atoms with E-state index < -0.39 is 0 Å². The summed E-state index contributed by atoms with van der Waals surface area (Å²) in [4.78, 5) is 33.5.